The van der Waals surface area contributed by atoms with Gasteiger partial charge in [-0.2, -0.15) is 0 Å². The monoisotopic (exact) mass is 341 g/mol. The molecule has 0 saturated carbocycles. The first-order valence-corrected chi connectivity index (χ1v) is 8.96. The van der Waals surface area contributed by atoms with Crippen LogP contribution in [0.4, 0.5) is 0 Å². The third-order valence-corrected chi connectivity index (χ3v) is 4.62. The van der Waals surface area contributed by atoms with E-state index in [-0.39, 0.29) is 12.1 Å². The molecule has 1 saturated heterocycles. The third-order valence-electron chi connectivity index (χ3n) is 4.62. The van der Waals surface area contributed by atoms with E-state index in [1.807, 2.05) is 18.2 Å². The second kappa shape index (κ2) is 8.88. The quantitative estimate of drug-likeness (QED) is 0.784. The number of hydrogen-bond donors (Lipinski definition) is 1. The maximum absolute atomic E-state index is 6.09. The van der Waals surface area contributed by atoms with Crippen LogP contribution in [-0.4, -0.2) is 26.4 Å². The predicted octanol–water partition coefficient (Wildman–Crippen LogP) is 4.10. The van der Waals surface area contributed by atoms with Crippen molar-refractivity contribution in [3.8, 4) is 11.5 Å². The lowest BCUT2D eigenvalue weighted by molar-refractivity contribution is 0.0665. The van der Waals surface area contributed by atoms with Crippen LogP contribution in [0.1, 0.15) is 36.9 Å². The molecule has 0 bridgehead atoms. The van der Waals surface area contributed by atoms with Crippen molar-refractivity contribution >= 4 is 0 Å². The molecular formula is C21H27NO3. The van der Waals surface area contributed by atoms with Gasteiger partial charge in [0, 0.05) is 24.8 Å². The summed E-state index contributed by atoms with van der Waals surface area (Å²) in [5.41, 5.74) is 2.37. The lowest BCUT2D eigenvalue weighted by Gasteiger charge is -2.19. The molecule has 3 rings (SSSR count). The van der Waals surface area contributed by atoms with Gasteiger partial charge in [-0.25, -0.2) is 0 Å². The zero-order chi connectivity index (χ0) is 17.5. The molecule has 134 valence electrons. The van der Waals surface area contributed by atoms with E-state index in [1.54, 1.807) is 7.11 Å². The first kappa shape index (κ1) is 17.8. The average molecular weight is 341 g/mol. The smallest absolute Gasteiger partial charge is 0.165 e. The van der Waals surface area contributed by atoms with E-state index >= 15 is 0 Å². The number of rotatable bonds is 8. The molecule has 4 heteroatoms. The molecule has 0 radical (unpaired) electrons. The summed E-state index contributed by atoms with van der Waals surface area (Å²) in [4.78, 5) is 0. The topological polar surface area (TPSA) is 39.7 Å². The molecule has 2 atom stereocenters. The Morgan fingerprint density at radius 1 is 1.16 bits per heavy atom. The fourth-order valence-corrected chi connectivity index (χ4v) is 3.10. The summed E-state index contributed by atoms with van der Waals surface area (Å²) in [5, 5.41) is 3.57. The molecule has 0 aromatic heterocycles. The molecule has 1 heterocycles. The lowest BCUT2D eigenvalue weighted by Crippen LogP contribution is -2.20. The van der Waals surface area contributed by atoms with Crippen LogP contribution in [0.25, 0.3) is 0 Å². The van der Waals surface area contributed by atoms with E-state index < -0.39 is 0 Å². The van der Waals surface area contributed by atoms with Gasteiger partial charge < -0.3 is 19.5 Å². The Hall–Kier alpha value is -2.04. The molecule has 2 unspecified atom stereocenters. The van der Waals surface area contributed by atoms with Crippen molar-refractivity contribution in [3.05, 3.63) is 59.7 Å². The first-order valence-electron chi connectivity index (χ1n) is 8.96. The second-order valence-electron chi connectivity index (χ2n) is 6.41. The van der Waals surface area contributed by atoms with Crippen LogP contribution in [0.5, 0.6) is 11.5 Å². The molecule has 0 aliphatic carbocycles. The molecular weight excluding hydrogens is 314 g/mol. The van der Waals surface area contributed by atoms with E-state index in [9.17, 15) is 0 Å². The van der Waals surface area contributed by atoms with Crippen molar-refractivity contribution in [2.45, 2.75) is 38.5 Å². The molecule has 1 aliphatic rings. The Kier molecular flexibility index (Phi) is 6.31. The van der Waals surface area contributed by atoms with Crippen molar-refractivity contribution in [2.24, 2.45) is 0 Å². The number of para-hydroxylation sites is 1. The molecule has 0 amide bonds. The van der Waals surface area contributed by atoms with Crippen LogP contribution >= 0.6 is 0 Å². The number of benzene rings is 2. The average Bonchev–Trinajstić information content (AvgIpc) is 3.18. The van der Waals surface area contributed by atoms with E-state index in [4.69, 9.17) is 14.2 Å². The standard InChI is InChI=1S/C21H27NO3/c1-16(17-8-4-3-5-9-17)22-14-18-10-6-12-20(23-2)21(18)25-15-19-11-7-13-24-19/h3-6,8-10,12,16,19,22H,7,11,13-15H2,1-2H3. The normalized spacial score (nSPS) is 18.1. The summed E-state index contributed by atoms with van der Waals surface area (Å²) in [6.45, 7) is 4.29. The molecule has 1 aliphatic heterocycles. The Bertz CT molecular complexity index is 653. The number of methoxy groups -OCH3 is 1. The molecule has 0 spiro atoms. The van der Waals surface area contributed by atoms with E-state index in [0.29, 0.717) is 13.2 Å². The minimum Gasteiger partial charge on any atom is -0.493 e. The van der Waals surface area contributed by atoms with Gasteiger partial charge in [0.1, 0.15) is 6.61 Å². The van der Waals surface area contributed by atoms with E-state index in [2.05, 4.69) is 42.6 Å². The summed E-state index contributed by atoms with van der Waals surface area (Å²) in [5.74, 6) is 1.58. The highest BCUT2D eigenvalue weighted by atomic mass is 16.5. The van der Waals surface area contributed by atoms with Crippen LogP contribution in [-0.2, 0) is 11.3 Å². The summed E-state index contributed by atoms with van der Waals surface area (Å²) < 4.78 is 17.3. The minimum absolute atomic E-state index is 0.189. The fourth-order valence-electron chi connectivity index (χ4n) is 3.10. The Morgan fingerprint density at radius 2 is 2.00 bits per heavy atom. The Balaban J connectivity index is 1.67. The molecule has 1 fully saturated rings. The van der Waals surface area contributed by atoms with Gasteiger partial charge in [-0.3, -0.25) is 0 Å². The van der Waals surface area contributed by atoms with Crippen molar-refractivity contribution in [1.29, 1.82) is 0 Å². The second-order valence-corrected chi connectivity index (χ2v) is 6.41. The summed E-state index contributed by atoms with van der Waals surface area (Å²) in [6.07, 6.45) is 2.37. The van der Waals surface area contributed by atoms with Gasteiger partial charge in [0.15, 0.2) is 11.5 Å². The van der Waals surface area contributed by atoms with Crippen molar-refractivity contribution < 1.29 is 14.2 Å². The molecule has 2 aromatic carbocycles. The zero-order valence-electron chi connectivity index (χ0n) is 15.0. The van der Waals surface area contributed by atoms with Gasteiger partial charge in [-0.05, 0) is 31.4 Å². The van der Waals surface area contributed by atoms with Crippen LogP contribution < -0.4 is 14.8 Å². The van der Waals surface area contributed by atoms with Crippen LogP contribution in [0.15, 0.2) is 48.5 Å². The summed E-state index contributed by atoms with van der Waals surface area (Å²) >= 11 is 0. The zero-order valence-corrected chi connectivity index (χ0v) is 15.0. The van der Waals surface area contributed by atoms with E-state index in [1.165, 1.54) is 5.56 Å². The van der Waals surface area contributed by atoms with Crippen molar-refractivity contribution in [1.82, 2.24) is 5.32 Å². The van der Waals surface area contributed by atoms with Crippen LogP contribution in [0, 0.1) is 0 Å². The number of nitrogens with one attached hydrogen (secondary N) is 1. The number of hydrogen-bond acceptors (Lipinski definition) is 4. The van der Waals surface area contributed by atoms with Crippen LogP contribution in [0.2, 0.25) is 0 Å². The van der Waals surface area contributed by atoms with Crippen molar-refractivity contribution in [2.75, 3.05) is 20.3 Å². The van der Waals surface area contributed by atoms with Gasteiger partial charge >= 0.3 is 0 Å². The molecule has 4 nitrogen and oxygen atoms in total. The molecule has 2 aromatic rings. The van der Waals surface area contributed by atoms with Gasteiger partial charge in [-0.1, -0.05) is 42.5 Å². The van der Waals surface area contributed by atoms with Gasteiger partial charge in [0.2, 0.25) is 0 Å². The predicted molar refractivity (Wildman–Crippen MR) is 99.2 cm³/mol. The van der Waals surface area contributed by atoms with Gasteiger partial charge in [0.05, 0.1) is 13.2 Å². The largest absolute Gasteiger partial charge is 0.493 e. The summed E-state index contributed by atoms with van der Waals surface area (Å²) in [6, 6.07) is 16.7. The van der Waals surface area contributed by atoms with Gasteiger partial charge in [0.25, 0.3) is 0 Å². The van der Waals surface area contributed by atoms with E-state index in [0.717, 1.165) is 36.5 Å². The Morgan fingerprint density at radius 3 is 2.72 bits per heavy atom. The summed E-state index contributed by atoms with van der Waals surface area (Å²) in [7, 11) is 1.68. The Labute approximate surface area is 150 Å². The highest BCUT2D eigenvalue weighted by molar-refractivity contribution is 5.46. The maximum atomic E-state index is 6.09. The van der Waals surface area contributed by atoms with Crippen molar-refractivity contribution in [3.63, 3.8) is 0 Å². The minimum atomic E-state index is 0.189. The van der Waals surface area contributed by atoms with Crippen LogP contribution in [0.3, 0.4) is 0 Å². The first-order chi connectivity index (χ1) is 12.3. The lowest BCUT2D eigenvalue weighted by atomic mass is 10.1. The molecule has 25 heavy (non-hydrogen) atoms. The SMILES string of the molecule is COc1cccc(CNC(C)c2ccccc2)c1OCC1CCCO1. The maximum Gasteiger partial charge on any atom is 0.165 e. The fraction of sp³-hybridized carbons (Fsp3) is 0.429. The third kappa shape index (κ3) is 4.74. The number of ether oxygens (including phenoxy) is 3. The van der Waals surface area contributed by atoms with Gasteiger partial charge in [-0.15, -0.1) is 0 Å². The highest BCUT2D eigenvalue weighted by Crippen LogP contribution is 2.32. The molecule has 1 N–H and O–H groups in total. The highest BCUT2D eigenvalue weighted by Gasteiger charge is 2.19.